The van der Waals surface area contributed by atoms with Crippen molar-refractivity contribution in [2.24, 2.45) is 11.5 Å². The standard InChI is InChI=1S/C19H26F2N4O2/c1-3-4-13(22)5-6-17(23)25-18(26)9-14-8-15(7-12(2)24-14)27-16-10-19(20,21)11-16/h5-8,16H,3-4,9-11,22-23H2,1-2H3,(H,25,26)/b13-5-,17-6+. The second kappa shape index (κ2) is 8.83. The number of rotatable bonds is 8. The van der Waals surface area contributed by atoms with Crippen molar-refractivity contribution in [1.82, 2.24) is 10.3 Å². The topological polar surface area (TPSA) is 103 Å². The molecule has 5 N–H and O–H groups in total. The summed E-state index contributed by atoms with van der Waals surface area (Å²) in [5.41, 5.74) is 13.3. The minimum Gasteiger partial charge on any atom is -0.490 e. The van der Waals surface area contributed by atoms with Gasteiger partial charge in [-0.3, -0.25) is 9.78 Å². The van der Waals surface area contributed by atoms with E-state index in [1.807, 2.05) is 6.92 Å². The molecular weight excluding hydrogens is 354 g/mol. The fourth-order valence-corrected chi connectivity index (χ4v) is 2.72. The Kier molecular flexibility index (Phi) is 6.76. The number of ether oxygens (including phenoxy) is 1. The van der Waals surface area contributed by atoms with Gasteiger partial charge in [0.2, 0.25) is 5.91 Å². The second-order valence-electron chi connectivity index (χ2n) is 6.78. The number of pyridine rings is 1. The van der Waals surface area contributed by atoms with Crippen LogP contribution in [-0.2, 0) is 11.2 Å². The maximum absolute atomic E-state index is 12.9. The number of nitrogens with zero attached hydrogens (tertiary/aromatic N) is 1. The Morgan fingerprint density at radius 3 is 2.70 bits per heavy atom. The van der Waals surface area contributed by atoms with Crippen molar-refractivity contribution in [3.8, 4) is 5.75 Å². The molecular formula is C19H26F2N4O2. The molecule has 1 fully saturated rings. The van der Waals surface area contributed by atoms with Crippen molar-refractivity contribution in [2.75, 3.05) is 0 Å². The minimum absolute atomic E-state index is 0.0123. The van der Waals surface area contributed by atoms with Gasteiger partial charge in [-0.15, -0.1) is 0 Å². The molecule has 1 aliphatic rings. The summed E-state index contributed by atoms with van der Waals surface area (Å²) >= 11 is 0. The van der Waals surface area contributed by atoms with Crippen molar-refractivity contribution in [1.29, 1.82) is 0 Å². The highest BCUT2D eigenvalue weighted by molar-refractivity contribution is 5.79. The second-order valence-corrected chi connectivity index (χ2v) is 6.78. The Labute approximate surface area is 157 Å². The van der Waals surface area contributed by atoms with E-state index in [-0.39, 0.29) is 31.0 Å². The maximum Gasteiger partial charge on any atom is 0.255 e. The molecule has 1 aromatic rings. The number of aryl methyl sites for hydroxylation is 1. The van der Waals surface area contributed by atoms with E-state index in [0.717, 1.165) is 12.8 Å². The van der Waals surface area contributed by atoms with Crippen molar-refractivity contribution >= 4 is 5.91 Å². The lowest BCUT2D eigenvalue weighted by Gasteiger charge is -2.34. The van der Waals surface area contributed by atoms with Crippen LogP contribution in [0.4, 0.5) is 8.78 Å². The van der Waals surface area contributed by atoms with Crippen LogP contribution in [0.3, 0.4) is 0 Å². The monoisotopic (exact) mass is 380 g/mol. The number of aromatic nitrogens is 1. The number of hydrogen-bond acceptors (Lipinski definition) is 5. The summed E-state index contributed by atoms with van der Waals surface area (Å²) in [5.74, 6) is -2.37. The Balaban J connectivity index is 1.93. The van der Waals surface area contributed by atoms with E-state index in [9.17, 15) is 13.6 Å². The molecule has 8 heteroatoms. The molecule has 1 aromatic heterocycles. The largest absolute Gasteiger partial charge is 0.490 e. The van der Waals surface area contributed by atoms with Crippen LogP contribution in [0.15, 0.2) is 35.8 Å². The van der Waals surface area contributed by atoms with Gasteiger partial charge in [0.05, 0.1) is 12.1 Å². The van der Waals surface area contributed by atoms with Gasteiger partial charge in [0, 0.05) is 36.4 Å². The SMILES string of the molecule is CCC/C(N)=C/C=C(\N)NC(=O)Cc1cc(OC2CC(F)(F)C2)cc(C)n1. The van der Waals surface area contributed by atoms with E-state index in [1.165, 1.54) is 6.08 Å². The molecule has 0 spiro atoms. The molecule has 0 unspecified atom stereocenters. The highest BCUT2D eigenvalue weighted by Gasteiger charge is 2.47. The number of nitrogens with one attached hydrogen (secondary N) is 1. The average molecular weight is 380 g/mol. The van der Waals surface area contributed by atoms with Crippen LogP contribution in [0.2, 0.25) is 0 Å². The molecule has 1 heterocycles. The first kappa shape index (κ1) is 20.7. The molecule has 2 rings (SSSR count). The molecule has 6 nitrogen and oxygen atoms in total. The number of hydrogen-bond donors (Lipinski definition) is 3. The molecule has 1 saturated carbocycles. The summed E-state index contributed by atoms with van der Waals surface area (Å²) in [4.78, 5) is 16.4. The van der Waals surface area contributed by atoms with Gasteiger partial charge in [0.1, 0.15) is 17.7 Å². The Bertz CT molecular complexity index is 739. The van der Waals surface area contributed by atoms with E-state index in [0.29, 0.717) is 22.8 Å². The summed E-state index contributed by atoms with van der Waals surface area (Å²) in [6.07, 6.45) is 3.76. The van der Waals surface area contributed by atoms with Crippen LogP contribution in [0.1, 0.15) is 44.0 Å². The molecule has 0 radical (unpaired) electrons. The van der Waals surface area contributed by atoms with Crippen molar-refractivity contribution in [3.63, 3.8) is 0 Å². The number of halogens is 2. The molecule has 27 heavy (non-hydrogen) atoms. The molecule has 0 aliphatic heterocycles. The predicted octanol–water partition coefficient (Wildman–Crippen LogP) is 2.67. The first-order valence-corrected chi connectivity index (χ1v) is 8.90. The van der Waals surface area contributed by atoms with Crippen molar-refractivity contribution < 1.29 is 18.3 Å². The zero-order valence-corrected chi connectivity index (χ0v) is 15.6. The Hall–Kier alpha value is -2.64. The zero-order chi connectivity index (χ0) is 20.0. The van der Waals surface area contributed by atoms with Crippen LogP contribution < -0.4 is 21.5 Å². The number of carbonyl (C=O) groups is 1. The first-order chi connectivity index (χ1) is 12.7. The summed E-state index contributed by atoms with van der Waals surface area (Å²) < 4.78 is 31.4. The molecule has 0 saturated heterocycles. The van der Waals surface area contributed by atoms with Gasteiger partial charge in [-0.05, 0) is 25.5 Å². The van der Waals surface area contributed by atoms with Gasteiger partial charge in [-0.25, -0.2) is 8.78 Å². The van der Waals surface area contributed by atoms with E-state index in [1.54, 1.807) is 25.1 Å². The van der Waals surface area contributed by atoms with E-state index >= 15 is 0 Å². The summed E-state index contributed by atoms with van der Waals surface area (Å²) in [6.45, 7) is 3.76. The van der Waals surface area contributed by atoms with Gasteiger partial charge in [-0.1, -0.05) is 13.3 Å². The van der Waals surface area contributed by atoms with Crippen LogP contribution in [-0.4, -0.2) is 22.9 Å². The summed E-state index contributed by atoms with van der Waals surface area (Å²) in [7, 11) is 0. The van der Waals surface area contributed by atoms with Gasteiger partial charge in [0.25, 0.3) is 5.92 Å². The molecule has 1 aliphatic carbocycles. The van der Waals surface area contributed by atoms with E-state index in [2.05, 4.69) is 10.3 Å². The smallest absolute Gasteiger partial charge is 0.255 e. The third kappa shape index (κ3) is 6.88. The van der Waals surface area contributed by atoms with E-state index < -0.39 is 12.0 Å². The number of amides is 1. The lowest BCUT2D eigenvalue weighted by molar-refractivity contribution is -0.134. The summed E-state index contributed by atoms with van der Waals surface area (Å²) in [5, 5.41) is 2.56. The van der Waals surface area contributed by atoms with Crippen LogP contribution in [0, 0.1) is 6.92 Å². The first-order valence-electron chi connectivity index (χ1n) is 8.90. The number of carbonyl (C=O) groups excluding carboxylic acids is 1. The highest BCUT2D eigenvalue weighted by atomic mass is 19.3. The normalized spacial score (nSPS) is 17.3. The van der Waals surface area contributed by atoms with Gasteiger partial charge < -0.3 is 21.5 Å². The van der Waals surface area contributed by atoms with Crippen molar-refractivity contribution in [3.05, 3.63) is 47.2 Å². The third-order valence-electron chi connectivity index (χ3n) is 3.98. The predicted molar refractivity (Wildman–Crippen MR) is 98.9 cm³/mol. The Morgan fingerprint density at radius 2 is 2.07 bits per heavy atom. The molecule has 0 aromatic carbocycles. The van der Waals surface area contributed by atoms with Gasteiger partial charge in [0.15, 0.2) is 0 Å². The van der Waals surface area contributed by atoms with Crippen molar-refractivity contribution in [2.45, 2.75) is 58.0 Å². The quantitative estimate of drug-likeness (QED) is 0.602. The Morgan fingerprint density at radius 1 is 1.37 bits per heavy atom. The van der Waals surface area contributed by atoms with Crippen LogP contribution in [0.25, 0.3) is 0 Å². The fraction of sp³-hybridized carbons (Fsp3) is 0.474. The summed E-state index contributed by atoms with van der Waals surface area (Å²) in [6, 6.07) is 3.25. The lowest BCUT2D eigenvalue weighted by atomic mass is 9.91. The fourth-order valence-electron chi connectivity index (χ4n) is 2.72. The zero-order valence-electron chi connectivity index (χ0n) is 15.6. The van der Waals surface area contributed by atoms with E-state index in [4.69, 9.17) is 16.2 Å². The van der Waals surface area contributed by atoms with Gasteiger partial charge in [-0.2, -0.15) is 0 Å². The molecule has 0 bridgehead atoms. The molecule has 148 valence electrons. The number of nitrogens with two attached hydrogens (primary N) is 2. The average Bonchev–Trinajstić information content (AvgIpc) is 2.50. The lowest BCUT2D eigenvalue weighted by Crippen LogP contribution is -2.43. The number of allylic oxidation sites excluding steroid dienone is 3. The number of alkyl halides is 2. The maximum atomic E-state index is 12.9. The van der Waals surface area contributed by atoms with Crippen LogP contribution >= 0.6 is 0 Å². The highest BCUT2D eigenvalue weighted by Crippen LogP contribution is 2.39. The van der Waals surface area contributed by atoms with Crippen LogP contribution in [0.5, 0.6) is 5.75 Å². The van der Waals surface area contributed by atoms with Gasteiger partial charge >= 0.3 is 0 Å². The molecule has 1 amide bonds. The third-order valence-corrected chi connectivity index (χ3v) is 3.98. The molecule has 0 atom stereocenters. The minimum atomic E-state index is -2.64.